The van der Waals surface area contributed by atoms with E-state index in [0.717, 1.165) is 37.9 Å². The molecule has 1 aromatic carbocycles. The van der Waals surface area contributed by atoms with Crippen LogP contribution in [0.5, 0.6) is 0 Å². The number of hydrogen-bond donors (Lipinski definition) is 3. The summed E-state index contributed by atoms with van der Waals surface area (Å²) in [5.41, 5.74) is 6.80. The molecule has 0 aliphatic heterocycles. The van der Waals surface area contributed by atoms with Crippen molar-refractivity contribution in [2.75, 3.05) is 19.6 Å². The summed E-state index contributed by atoms with van der Waals surface area (Å²) in [6.07, 6.45) is 10.5. The first-order chi connectivity index (χ1) is 15.3. The Labute approximate surface area is 192 Å². The summed E-state index contributed by atoms with van der Waals surface area (Å²) in [5.74, 6) is -3.02. The van der Waals surface area contributed by atoms with Crippen LogP contribution in [0.4, 0.5) is 0 Å². The zero-order chi connectivity index (χ0) is 24.0. The van der Waals surface area contributed by atoms with E-state index in [2.05, 4.69) is 30.9 Å². The molecule has 4 N–H and O–H groups in total. The van der Waals surface area contributed by atoms with Gasteiger partial charge in [-0.25, -0.2) is 9.59 Å². The second kappa shape index (κ2) is 14.6. The van der Waals surface area contributed by atoms with Crippen molar-refractivity contribution < 1.29 is 24.6 Å². The van der Waals surface area contributed by atoms with Gasteiger partial charge in [0.05, 0.1) is 5.41 Å². The summed E-state index contributed by atoms with van der Waals surface area (Å²) < 4.78 is 0. The van der Waals surface area contributed by atoms with E-state index >= 15 is 0 Å². The molecule has 1 unspecified atom stereocenters. The Morgan fingerprint density at radius 2 is 1.41 bits per heavy atom. The standard InChI is InChI=1S/C23H38N2O.C2H2O4/c1-3-5-7-12-16-25(17-13-8-6-4-2)22(26)23(18-21(23)19-24)20-14-10-9-11-15-20;3-1(4)2(5)6/h9-11,14-15,21H,3-8,12-13,16-19,24H2,1-2H3;(H,3,4)(H,5,6)/t21?,23-;/m1./s1. The smallest absolute Gasteiger partial charge is 0.414 e. The molecule has 7 heteroatoms. The van der Waals surface area contributed by atoms with Gasteiger partial charge in [-0.15, -0.1) is 0 Å². The van der Waals surface area contributed by atoms with Crippen molar-refractivity contribution >= 4 is 17.8 Å². The van der Waals surface area contributed by atoms with Crippen LogP contribution in [0.3, 0.4) is 0 Å². The number of carboxylic acid groups (broad SMARTS) is 2. The minimum atomic E-state index is -1.82. The first-order valence-electron chi connectivity index (χ1n) is 11.9. The average Bonchev–Trinajstić information content (AvgIpc) is 3.54. The van der Waals surface area contributed by atoms with Crippen LogP contribution in [0.1, 0.15) is 77.2 Å². The molecule has 1 saturated carbocycles. The summed E-state index contributed by atoms with van der Waals surface area (Å²) in [6.45, 7) is 6.86. The largest absolute Gasteiger partial charge is 0.473 e. The lowest BCUT2D eigenvalue weighted by atomic mass is 9.91. The molecule has 1 aliphatic rings. The van der Waals surface area contributed by atoms with Crippen LogP contribution < -0.4 is 5.73 Å². The van der Waals surface area contributed by atoms with Gasteiger partial charge in [-0.3, -0.25) is 4.79 Å². The number of unbranched alkanes of at least 4 members (excludes halogenated alkanes) is 6. The van der Waals surface area contributed by atoms with Crippen LogP contribution in [0.15, 0.2) is 30.3 Å². The molecule has 1 aliphatic carbocycles. The summed E-state index contributed by atoms with van der Waals surface area (Å²) in [6, 6.07) is 10.3. The highest BCUT2D eigenvalue weighted by atomic mass is 16.4. The number of carboxylic acids is 2. The van der Waals surface area contributed by atoms with Crippen molar-refractivity contribution in [2.45, 2.75) is 77.0 Å². The first kappa shape index (κ1) is 27.6. The average molecular weight is 449 g/mol. The Morgan fingerprint density at radius 3 is 1.78 bits per heavy atom. The molecule has 0 spiro atoms. The van der Waals surface area contributed by atoms with E-state index in [1.807, 2.05) is 18.2 Å². The first-order valence-corrected chi connectivity index (χ1v) is 11.9. The number of hydrogen-bond acceptors (Lipinski definition) is 4. The third kappa shape index (κ3) is 8.26. The maximum Gasteiger partial charge on any atom is 0.414 e. The lowest BCUT2D eigenvalue weighted by molar-refractivity contribution is -0.159. The number of nitrogens with zero attached hydrogens (tertiary/aromatic N) is 1. The van der Waals surface area contributed by atoms with Gasteiger partial charge >= 0.3 is 11.9 Å². The van der Waals surface area contributed by atoms with Crippen LogP contribution in [0.2, 0.25) is 0 Å². The van der Waals surface area contributed by atoms with Crippen molar-refractivity contribution in [2.24, 2.45) is 11.7 Å². The molecule has 1 amide bonds. The number of carbonyl (C=O) groups is 3. The molecular weight excluding hydrogens is 408 g/mol. The maximum absolute atomic E-state index is 13.6. The molecule has 0 radical (unpaired) electrons. The second-order valence-corrected chi connectivity index (χ2v) is 8.50. The number of amides is 1. The SMILES string of the molecule is CCCCCCN(CCCCCC)C(=O)[C@@]1(c2ccccc2)CC1CN.O=C(O)C(=O)O. The van der Waals surface area contributed by atoms with E-state index < -0.39 is 11.9 Å². The predicted octanol–water partition coefficient (Wildman–Crippen LogP) is 4.05. The highest BCUT2D eigenvalue weighted by Gasteiger charge is 2.61. The number of rotatable bonds is 13. The van der Waals surface area contributed by atoms with Crippen molar-refractivity contribution in [3.63, 3.8) is 0 Å². The van der Waals surface area contributed by atoms with Gasteiger partial charge < -0.3 is 20.8 Å². The third-order valence-corrected chi connectivity index (χ3v) is 6.09. The van der Waals surface area contributed by atoms with Gasteiger partial charge in [-0.2, -0.15) is 0 Å². The van der Waals surface area contributed by atoms with E-state index in [9.17, 15) is 4.79 Å². The number of benzene rings is 1. The Kier molecular flexibility index (Phi) is 12.6. The normalized spacial score (nSPS) is 18.9. The summed E-state index contributed by atoms with van der Waals surface area (Å²) >= 11 is 0. The van der Waals surface area contributed by atoms with Gasteiger partial charge in [0, 0.05) is 13.1 Å². The maximum atomic E-state index is 13.6. The van der Waals surface area contributed by atoms with Gasteiger partial charge in [0.15, 0.2) is 0 Å². The summed E-state index contributed by atoms with van der Waals surface area (Å²) in [7, 11) is 0. The molecule has 32 heavy (non-hydrogen) atoms. The molecule has 2 rings (SSSR count). The Hall–Kier alpha value is -2.41. The fourth-order valence-corrected chi connectivity index (χ4v) is 4.14. The van der Waals surface area contributed by atoms with Crippen molar-refractivity contribution in [1.29, 1.82) is 0 Å². The van der Waals surface area contributed by atoms with Crippen molar-refractivity contribution in [3.8, 4) is 0 Å². The monoisotopic (exact) mass is 448 g/mol. The number of aliphatic carboxylic acids is 2. The molecule has 0 aromatic heterocycles. The van der Waals surface area contributed by atoms with Gasteiger partial charge in [0.25, 0.3) is 0 Å². The fraction of sp³-hybridized carbons (Fsp3) is 0.640. The van der Waals surface area contributed by atoms with E-state index in [1.165, 1.54) is 38.5 Å². The lowest BCUT2D eigenvalue weighted by Gasteiger charge is -2.29. The van der Waals surface area contributed by atoms with Gasteiger partial charge in [-0.05, 0) is 37.3 Å². The highest BCUT2D eigenvalue weighted by Crippen LogP contribution is 2.55. The zero-order valence-electron chi connectivity index (χ0n) is 19.6. The molecule has 0 heterocycles. The highest BCUT2D eigenvalue weighted by molar-refractivity contribution is 6.27. The van der Waals surface area contributed by atoms with Crippen LogP contribution in [-0.4, -0.2) is 52.6 Å². The molecule has 7 nitrogen and oxygen atoms in total. The zero-order valence-corrected chi connectivity index (χ0v) is 19.6. The molecule has 1 fully saturated rings. The summed E-state index contributed by atoms with van der Waals surface area (Å²) in [4.78, 5) is 34.0. The molecular formula is C25H40N2O5. The topological polar surface area (TPSA) is 121 Å². The van der Waals surface area contributed by atoms with Crippen LogP contribution >= 0.6 is 0 Å². The Morgan fingerprint density at radius 1 is 0.906 bits per heavy atom. The fourth-order valence-electron chi connectivity index (χ4n) is 4.14. The lowest BCUT2D eigenvalue weighted by Crippen LogP contribution is -2.42. The van der Waals surface area contributed by atoms with Gasteiger partial charge in [0.1, 0.15) is 0 Å². The quantitative estimate of drug-likeness (QED) is 0.309. The predicted molar refractivity (Wildman–Crippen MR) is 125 cm³/mol. The van der Waals surface area contributed by atoms with Gasteiger partial charge in [0.2, 0.25) is 5.91 Å². The summed E-state index contributed by atoms with van der Waals surface area (Å²) in [5, 5.41) is 14.8. The molecule has 0 saturated heterocycles. The Bertz CT molecular complexity index is 686. The third-order valence-electron chi connectivity index (χ3n) is 6.09. The number of carbonyl (C=O) groups excluding carboxylic acids is 1. The number of nitrogens with two attached hydrogens (primary N) is 1. The minimum Gasteiger partial charge on any atom is -0.473 e. The van der Waals surface area contributed by atoms with E-state index in [4.69, 9.17) is 25.5 Å². The van der Waals surface area contributed by atoms with Crippen LogP contribution in [0, 0.1) is 5.92 Å². The van der Waals surface area contributed by atoms with E-state index in [-0.39, 0.29) is 5.41 Å². The molecule has 1 aromatic rings. The second-order valence-electron chi connectivity index (χ2n) is 8.50. The van der Waals surface area contributed by atoms with E-state index in [0.29, 0.717) is 18.4 Å². The minimum absolute atomic E-state index is 0.297. The Balaban J connectivity index is 0.000000751. The molecule has 0 bridgehead atoms. The van der Waals surface area contributed by atoms with E-state index in [1.54, 1.807) is 0 Å². The van der Waals surface area contributed by atoms with Crippen LogP contribution in [0.25, 0.3) is 0 Å². The molecule has 2 atom stereocenters. The van der Waals surface area contributed by atoms with Gasteiger partial charge in [-0.1, -0.05) is 82.7 Å². The van der Waals surface area contributed by atoms with Crippen molar-refractivity contribution in [3.05, 3.63) is 35.9 Å². The molecule has 180 valence electrons. The van der Waals surface area contributed by atoms with Crippen molar-refractivity contribution in [1.82, 2.24) is 4.90 Å². The van der Waals surface area contributed by atoms with Crippen LogP contribution in [-0.2, 0) is 19.8 Å².